The van der Waals surface area contributed by atoms with E-state index in [1.54, 1.807) is 0 Å². The average Bonchev–Trinajstić information content (AvgIpc) is 2.49. The predicted molar refractivity (Wildman–Crippen MR) is 74.3 cm³/mol. The summed E-state index contributed by atoms with van der Waals surface area (Å²) in [6, 6.07) is 18.0. The summed E-state index contributed by atoms with van der Waals surface area (Å²) >= 11 is 0. The molecule has 0 unspecified atom stereocenters. The number of alkyl halides is 1. The average molecular weight is 244 g/mol. The molecule has 0 fully saturated rings. The van der Waals surface area contributed by atoms with Crippen molar-refractivity contribution in [3.63, 3.8) is 0 Å². The SMILES string of the molecule is C=Cc1ccc(OCc2ccccc2)cc1.CF. The molecule has 2 rings (SSSR count). The van der Waals surface area contributed by atoms with Crippen molar-refractivity contribution >= 4 is 6.08 Å². The highest BCUT2D eigenvalue weighted by Crippen LogP contribution is 2.14. The predicted octanol–water partition coefficient (Wildman–Crippen LogP) is 4.49. The van der Waals surface area contributed by atoms with Gasteiger partial charge in [-0.2, -0.15) is 0 Å². The van der Waals surface area contributed by atoms with Crippen LogP contribution in [0.4, 0.5) is 4.39 Å². The number of hydrogen-bond donors (Lipinski definition) is 0. The Bertz CT molecular complexity index is 448. The van der Waals surface area contributed by atoms with Crippen molar-refractivity contribution in [3.8, 4) is 5.75 Å². The van der Waals surface area contributed by atoms with Crippen molar-refractivity contribution in [1.29, 1.82) is 0 Å². The molecule has 2 aromatic rings. The van der Waals surface area contributed by atoms with Crippen LogP contribution in [0.1, 0.15) is 11.1 Å². The molecule has 2 heteroatoms. The van der Waals surface area contributed by atoms with Gasteiger partial charge in [-0.3, -0.25) is 4.39 Å². The van der Waals surface area contributed by atoms with Crippen molar-refractivity contribution in [2.45, 2.75) is 6.61 Å². The maximum absolute atomic E-state index is 9.50. The van der Waals surface area contributed by atoms with Crippen LogP contribution in [0.25, 0.3) is 6.08 Å². The van der Waals surface area contributed by atoms with Crippen LogP contribution >= 0.6 is 0 Å². The Labute approximate surface area is 108 Å². The Morgan fingerprint density at radius 3 is 2.17 bits per heavy atom. The lowest BCUT2D eigenvalue weighted by Gasteiger charge is -2.06. The second-order valence-electron chi connectivity index (χ2n) is 3.55. The van der Waals surface area contributed by atoms with E-state index in [9.17, 15) is 4.39 Å². The van der Waals surface area contributed by atoms with Gasteiger partial charge in [0.2, 0.25) is 0 Å². The summed E-state index contributed by atoms with van der Waals surface area (Å²) in [5.41, 5.74) is 2.28. The molecule has 0 heterocycles. The van der Waals surface area contributed by atoms with E-state index < -0.39 is 0 Å². The van der Waals surface area contributed by atoms with Crippen molar-refractivity contribution in [3.05, 3.63) is 72.3 Å². The van der Waals surface area contributed by atoms with E-state index in [0.29, 0.717) is 13.8 Å². The zero-order valence-corrected chi connectivity index (χ0v) is 10.5. The van der Waals surface area contributed by atoms with Crippen LogP contribution in [-0.4, -0.2) is 7.18 Å². The maximum Gasteiger partial charge on any atom is 0.119 e. The zero-order valence-electron chi connectivity index (χ0n) is 10.5. The van der Waals surface area contributed by atoms with Crippen molar-refractivity contribution in [1.82, 2.24) is 0 Å². The highest BCUT2D eigenvalue weighted by atomic mass is 19.1. The monoisotopic (exact) mass is 244 g/mol. The smallest absolute Gasteiger partial charge is 0.119 e. The number of hydrogen-bond acceptors (Lipinski definition) is 1. The first-order valence-electron chi connectivity index (χ1n) is 5.65. The summed E-state index contributed by atoms with van der Waals surface area (Å²) < 4.78 is 15.2. The summed E-state index contributed by atoms with van der Waals surface area (Å²) in [7, 11) is 0.500. The first-order valence-corrected chi connectivity index (χ1v) is 5.65. The van der Waals surface area contributed by atoms with E-state index in [0.717, 1.165) is 11.3 Å². The third kappa shape index (κ3) is 4.42. The minimum atomic E-state index is 0.500. The van der Waals surface area contributed by atoms with Crippen LogP contribution < -0.4 is 4.74 Å². The molecule has 0 aromatic heterocycles. The molecule has 0 aliphatic heterocycles. The van der Waals surface area contributed by atoms with Gasteiger partial charge in [0.25, 0.3) is 0 Å². The van der Waals surface area contributed by atoms with Gasteiger partial charge in [-0.1, -0.05) is 55.1 Å². The summed E-state index contributed by atoms with van der Waals surface area (Å²) in [5.74, 6) is 0.884. The first kappa shape index (κ1) is 14.0. The Kier molecular flexibility index (Phi) is 6.26. The molecule has 0 N–H and O–H groups in total. The van der Waals surface area contributed by atoms with Crippen molar-refractivity contribution < 1.29 is 9.13 Å². The minimum Gasteiger partial charge on any atom is -0.489 e. The van der Waals surface area contributed by atoms with E-state index in [2.05, 4.69) is 18.7 Å². The molecule has 0 spiro atoms. The molecular formula is C16H17FO. The largest absolute Gasteiger partial charge is 0.489 e. The van der Waals surface area contributed by atoms with Gasteiger partial charge in [-0.25, -0.2) is 0 Å². The Balaban J connectivity index is 0.000000771. The van der Waals surface area contributed by atoms with Gasteiger partial charge in [-0.15, -0.1) is 0 Å². The second-order valence-corrected chi connectivity index (χ2v) is 3.55. The van der Waals surface area contributed by atoms with Crippen molar-refractivity contribution in [2.75, 3.05) is 7.18 Å². The lowest BCUT2D eigenvalue weighted by atomic mass is 10.2. The van der Waals surface area contributed by atoms with Crippen LogP contribution in [0, 0.1) is 0 Å². The molecule has 0 radical (unpaired) electrons. The van der Waals surface area contributed by atoms with Gasteiger partial charge < -0.3 is 4.74 Å². The summed E-state index contributed by atoms with van der Waals surface area (Å²) in [6.07, 6.45) is 1.82. The zero-order chi connectivity index (χ0) is 13.2. The number of rotatable bonds is 4. The minimum absolute atomic E-state index is 0.500. The Morgan fingerprint density at radius 1 is 1.00 bits per heavy atom. The fourth-order valence-corrected chi connectivity index (χ4v) is 1.44. The fraction of sp³-hybridized carbons (Fsp3) is 0.125. The molecule has 0 saturated heterocycles. The molecule has 0 bridgehead atoms. The van der Waals surface area contributed by atoms with Gasteiger partial charge in [0.05, 0.1) is 7.18 Å². The molecular weight excluding hydrogens is 227 g/mol. The normalized spacial score (nSPS) is 9.00. The lowest BCUT2D eigenvalue weighted by Crippen LogP contribution is -1.94. The van der Waals surface area contributed by atoms with Gasteiger partial charge in [-0.05, 0) is 23.3 Å². The summed E-state index contributed by atoms with van der Waals surface area (Å²) in [6.45, 7) is 4.32. The molecule has 0 aliphatic carbocycles. The number of ether oxygens (including phenoxy) is 1. The third-order valence-electron chi connectivity index (χ3n) is 2.36. The van der Waals surface area contributed by atoms with E-state index in [4.69, 9.17) is 4.74 Å². The molecule has 0 aliphatic rings. The third-order valence-corrected chi connectivity index (χ3v) is 2.36. The van der Waals surface area contributed by atoms with Gasteiger partial charge in [0.1, 0.15) is 12.4 Å². The van der Waals surface area contributed by atoms with Crippen LogP contribution in [0.15, 0.2) is 61.2 Å². The fourth-order valence-electron chi connectivity index (χ4n) is 1.44. The Morgan fingerprint density at radius 2 is 1.61 bits per heavy atom. The quantitative estimate of drug-likeness (QED) is 0.769. The number of benzene rings is 2. The van der Waals surface area contributed by atoms with Gasteiger partial charge in [0, 0.05) is 0 Å². The topological polar surface area (TPSA) is 9.23 Å². The second kappa shape index (κ2) is 8.07. The number of halogens is 1. The van der Waals surface area contributed by atoms with E-state index in [1.807, 2.05) is 48.5 Å². The summed E-state index contributed by atoms with van der Waals surface area (Å²) in [5, 5.41) is 0. The molecule has 2 aromatic carbocycles. The molecule has 0 atom stereocenters. The lowest BCUT2D eigenvalue weighted by molar-refractivity contribution is 0.306. The highest BCUT2D eigenvalue weighted by molar-refractivity contribution is 5.48. The van der Waals surface area contributed by atoms with Crippen LogP contribution in [-0.2, 0) is 6.61 Å². The first-order chi connectivity index (χ1) is 8.88. The van der Waals surface area contributed by atoms with E-state index in [1.165, 1.54) is 5.56 Å². The molecule has 0 amide bonds. The molecule has 0 saturated carbocycles. The van der Waals surface area contributed by atoms with E-state index in [-0.39, 0.29) is 0 Å². The van der Waals surface area contributed by atoms with Gasteiger partial charge in [0.15, 0.2) is 0 Å². The van der Waals surface area contributed by atoms with Crippen LogP contribution in [0.3, 0.4) is 0 Å². The molecule has 94 valence electrons. The van der Waals surface area contributed by atoms with Crippen molar-refractivity contribution in [2.24, 2.45) is 0 Å². The van der Waals surface area contributed by atoms with Gasteiger partial charge >= 0.3 is 0 Å². The Hall–Kier alpha value is -2.09. The molecule has 18 heavy (non-hydrogen) atoms. The summed E-state index contributed by atoms with van der Waals surface area (Å²) in [4.78, 5) is 0. The standard InChI is InChI=1S/C15H14O.CH3F/c1-2-13-8-10-15(11-9-13)16-12-14-6-4-3-5-7-14;1-2/h2-11H,1,12H2;1H3. The maximum atomic E-state index is 9.50. The van der Waals surface area contributed by atoms with E-state index >= 15 is 0 Å². The van der Waals surface area contributed by atoms with Crippen LogP contribution in [0.2, 0.25) is 0 Å². The highest BCUT2D eigenvalue weighted by Gasteiger charge is 1.94. The van der Waals surface area contributed by atoms with Crippen LogP contribution in [0.5, 0.6) is 5.75 Å². The molecule has 1 nitrogen and oxygen atoms in total.